The molecule has 2 aliphatic carbocycles. The molecule has 1 aliphatic heterocycles. The lowest BCUT2D eigenvalue weighted by Gasteiger charge is -2.39. The summed E-state index contributed by atoms with van der Waals surface area (Å²) in [6.07, 6.45) is 4.60. The minimum Gasteiger partial charge on any atom is -0.392 e. The molecule has 1 heterocycles. The zero-order chi connectivity index (χ0) is 13.7. The van der Waals surface area contributed by atoms with Gasteiger partial charge in [0.1, 0.15) is 0 Å². The van der Waals surface area contributed by atoms with Crippen LogP contribution in [0.2, 0.25) is 0 Å². The summed E-state index contributed by atoms with van der Waals surface area (Å²) < 4.78 is 0. The molecule has 3 N–H and O–H groups in total. The number of carbonyl (C=O) groups excluding carboxylic acids is 1. The Bertz CT molecular complexity index is 376. The van der Waals surface area contributed by atoms with Crippen LogP contribution in [0.15, 0.2) is 0 Å². The summed E-state index contributed by atoms with van der Waals surface area (Å²) in [7, 11) is 0. The van der Waals surface area contributed by atoms with E-state index in [1.54, 1.807) is 0 Å². The van der Waals surface area contributed by atoms with Crippen molar-refractivity contribution in [3.8, 4) is 0 Å². The fourth-order valence-corrected chi connectivity index (χ4v) is 4.79. The first kappa shape index (κ1) is 13.4. The van der Waals surface area contributed by atoms with Gasteiger partial charge in [-0.05, 0) is 50.0 Å². The Morgan fingerprint density at radius 3 is 2.74 bits per heavy atom. The van der Waals surface area contributed by atoms with E-state index in [0.29, 0.717) is 18.5 Å². The van der Waals surface area contributed by atoms with Crippen LogP contribution in [0, 0.1) is 16.7 Å². The highest BCUT2D eigenvalue weighted by atomic mass is 16.3. The van der Waals surface area contributed by atoms with Crippen molar-refractivity contribution < 1.29 is 9.90 Å². The molecule has 4 nitrogen and oxygen atoms in total. The number of rotatable bonds is 3. The molecule has 0 spiro atoms. The Morgan fingerprint density at radius 1 is 1.42 bits per heavy atom. The van der Waals surface area contributed by atoms with Gasteiger partial charge in [0.05, 0.1) is 11.5 Å². The zero-order valence-electron chi connectivity index (χ0n) is 12.0. The molecule has 3 aliphatic rings. The third kappa shape index (κ3) is 1.76. The Balaban J connectivity index is 1.70. The van der Waals surface area contributed by atoms with E-state index in [9.17, 15) is 9.90 Å². The predicted molar refractivity (Wildman–Crippen MR) is 73.6 cm³/mol. The molecule has 3 fully saturated rings. The van der Waals surface area contributed by atoms with E-state index < -0.39 is 11.5 Å². The number of aliphatic hydroxyl groups is 1. The van der Waals surface area contributed by atoms with Crippen molar-refractivity contribution in [2.45, 2.75) is 58.1 Å². The van der Waals surface area contributed by atoms with Crippen LogP contribution in [-0.2, 0) is 4.79 Å². The first-order valence-corrected chi connectivity index (χ1v) is 7.68. The lowest BCUT2D eigenvalue weighted by Crippen LogP contribution is -2.53. The maximum Gasteiger partial charge on any atom is 0.229 e. The van der Waals surface area contributed by atoms with Crippen molar-refractivity contribution in [2.75, 3.05) is 13.1 Å². The molecule has 108 valence electrons. The standard InChI is InChI=1S/C15H26N2O2/c1-14(2)10-5-6-15(14,12(18)8-10)13(19)17-9-11-4-3-7-16-11/h10-12,16,18H,3-9H2,1-2H3,(H,17,19)/t10?,11-,12+,15-/m0/s1. The van der Waals surface area contributed by atoms with Crippen LogP contribution >= 0.6 is 0 Å². The number of fused-ring (bicyclic) bond motifs is 2. The average Bonchev–Trinajstić information content (AvgIpc) is 3.00. The van der Waals surface area contributed by atoms with Gasteiger partial charge >= 0.3 is 0 Å². The highest BCUT2D eigenvalue weighted by Gasteiger charge is 2.67. The van der Waals surface area contributed by atoms with Crippen molar-refractivity contribution in [1.29, 1.82) is 0 Å². The van der Waals surface area contributed by atoms with E-state index >= 15 is 0 Å². The fourth-order valence-electron chi connectivity index (χ4n) is 4.79. The Hall–Kier alpha value is -0.610. The lowest BCUT2D eigenvalue weighted by molar-refractivity contribution is -0.142. The summed E-state index contributed by atoms with van der Waals surface area (Å²) >= 11 is 0. The number of carbonyl (C=O) groups is 1. The second-order valence-electron chi connectivity index (χ2n) is 7.18. The number of hydrogen-bond donors (Lipinski definition) is 3. The Kier molecular flexibility index (Phi) is 3.13. The molecule has 4 atom stereocenters. The SMILES string of the molecule is CC1(C)C2CC[C@@]1(C(=O)NC[C@@H]1CCCN1)[C@H](O)C2. The van der Waals surface area contributed by atoms with Gasteiger partial charge in [-0.25, -0.2) is 0 Å². The van der Waals surface area contributed by atoms with Gasteiger partial charge in [0.2, 0.25) is 5.91 Å². The van der Waals surface area contributed by atoms with Crippen LogP contribution < -0.4 is 10.6 Å². The molecule has 0 radical (unpaired) electrons. The number of aliphatic hydroxyl groups excluding tert-OH is 1. The van der Waals surface area contributed by atoms with Crippen molar-refractivity contribution >= 4 is 5.91 Å². The van der Waals surface area contributed by atoms with Gasteiger partial charge < -0.3 is 15.7 Å². The number of nitrogens with one attached hydrogen (secondary N) is 2. The highest BCUT2D eigenvalue weighted by molar-refractivity contribution is 5.85. The van der Waals surface area contributed by atoms with E-state index in [1.165, 1.54) is 6.42 Å². The van der Waals surface area contributed by atoms with Crippen LogP contribution in [0.1, 0.15) is 46.0 Å². The fraction of sp³-hybridized carbons (Fsp3) is 0.933. The highest BCUT2D eigenvalue weighted by Crippen LogP contribution is 2.65. The molecule has 0 aromatic rings. The van der Waals surface area contributed by atoms with Gasteiger partial charge in [0.25, 0.3) is 0 Å². The van der Waals surface area contributed by atoms with Gasteiger partial charge in [-0.1, -0.05) is 13.8 Å². The largest absolute Gasteiger partial charge is 0.392 e. The molecule has 19 heavy (non-hydrogen) atoms. The van der Waals surface area contributed by atoms with Gasteiger partial charge in [0.15, 0.2) is 0 Å². The molecule has 2 bridgehead atoms. The topological polar surface area (TPSA) is 61.4 Å². The van der Waals surface area contributed by atoms with Crippen LogP contribution in [0.3, 0.4) is 0 Å². The summed E-state index contributed by atoms with van der Waals surface area (Å²) in [5, 5.41) is 16.9. The van der Waals surface area contributed by atoms with Gasteiger partial charge in [-0.2, -0.15) is 0 Å². The normalized spacial score (nSPS) is 43.6. The first-order valence-electron chi connectivity index (χ1n) is 7.68. The molecule has 3 rings (SSSR count). The number of amides is 1. The van der Waals surface area contributed by atoms with Gasteiger partial charge in [-0.3, -0.25) is 4.79 Å². The van der Waals surface area contributed by atoms with E-state index in [4.69, 9.17) is 0 Å². The van der Waals surface area contributed by atoms with Crippen molar-refractivity contribution in [2.24, 2.45) is 16.7 Å². The third-order valence-electron chi connectivity index (χ3n) is 6.21. The molecule has 1 unspecified atom stereocenters. The predicted octanol–water partition coefficient (Wildman–Crippen LogP) is 1.04. The minimum absolute atomic E-state index is 0.0698. The minimum atomic E-state index is -0.545. The van der Waals surface area contributed by atoms with Crippen molar-refractivity contribution in [3.05, 3.63) is 0 Å². The van der Waals surface area contributed by atoms with E-state index in [-0.39, 0.29) is 11.3 Å². The average molecular weight is 266 g/mol. The Morgan fingerprint density at radius 2 is 2.21 bits per heavy atom. The first-order chi connectivity index (χ1) is 8.98. The van der Waals surface area contributed by atoms with Crippen LogP contribution in [-0.4, -0.2) is 36.2 Å². The second kappa shape index (κ2) is 4.45. The summed E-state index contributed by atoms with van der Waals surface area (Å²) in [6.45, 7) is 6.08. The van der Waals surface area contributed by atoms with Crippen LogP contribution in [0.5, 0.6) is 0 Å². The molecule has 0 aromatic heterocycles. The third-order valence-corrected chi connectivity index (χ3v) is 6.21. The smallest absolute Gasteiger partial charge is 0.229 e. The van der Waals surface area contributed by atoms with Crippen LogP contribution in [0.25, 0.3) is 0 Å². The molecule has 2 saturated carbocycles. The molecular formula is C15H26N2O2. The lowest BCUT2D eigenvalue weighted by atomic mass is 9.67. The molecule has 1 saturated heterocycles. The Labute approximate surface area is 115 Å². The zero-order valence-corrected chi connectivity index (χ0v) is 12.0. The summed E-state index contributed by atoms with van der Waals surface area (Å²) in [6, 6.07) is 0.416. The maximum atomic E-state index is 12.7. The van der Waals surface area contributed by atoms with E-state index in [0.717, 1.165) is 32.2 Å². The van der Waals surface area contributed by atoms with E-state index in [2.05, 4.69) is 24.5 Å². The summed E-state index contributed by atoms with van der Waals surface area (Å²) in [5.74, 6) is 0.580. The van der Waals surface area contributed by atoms with Crippen molar-refractivity contribution in [3.63, 3.8) is 0 Å². The maximum absolute atomic E-state index is 12.7. The number of hydrogen-bond acceptors (Lipinski definition) is 3. The molecule has 4 heteroatoms. The van der Waals surface area contributed by atoms with Crippen LogP contribution in [0.4, 0.5) is 0 Å². The second-order valence-corrected chi connectivity index (χ2v) is 7.18. The van der Waals surface area contributed by atoms with Crippen molar-refractivity contribution in [1.82, 2.24) is 10.6 Å². The molecule has 1 amide bonds. The van der Waals surface area contributed by atoms with E-state index in [1.807, 2.05) is 0 Å². The van der Waals surface area contributed by atoms with Gasteiger partial charge in [0, 0.05) is 12.6 Å². The van der Waals surface area contributed by atoms with Gasteiger partial charge in [-0.15, -0.1) is 0 Å². The summed E-state index contributed by atoms with van der Waals surface area (Å²) in [5.41, 5.74) is -0.615. The molecular weight excluding hydrogens is 240 g/mol. The summed E-state index contributed by atoms with van der Waals surface area (Å²) in [4.78, 5) is 12.7. The quantitative estimate of drug-likeness (QED) is 0.715. The monoisotopic (exact) mass is 266 g/mol. The molecule has 0 aromatic carbocycles.